The molecule has 1 amide bonds. The molecule has 1 saturated heterocycles. The minimum absolute atomic E-state index is 0.292. The lowest BCUT2D eigenvalue weighted by molar-refractivity contribution is 0.0240. The summed E-state index contributed by atoms with van der Waals surface area (Å²) in [7, 11) is 0. The van der Waals surface area contributed by atoms with E-state index in [0.717, 1.165) is 10.9 Å². The number of rotatable bonds is 1. The van der Waals surface area contributed by atoms with Crippen molar-refractivity contribution in [3.8, 4) is 6.07 Å². The van der Waals surface area contributed by atoms with Crippen molar-refractivity contribution in [2.45, 2.75) is 26.4 Å². The van der Waals surface area contributed by atoms with Crippen molar-refractivity contribution in [2.24, 2.45) is 0 Å². The number of carbonyl (C=O) groups is 1. The normalized spacial score (nSPS) is 15.1. The predicted molar refractivity (Wildman–Crippen MR) is 96.5 cm³/mol. The van der Waals surface area contributed by atoms with Gasteiger partial charge in [0.15, 0.2) is 0 Å². The van der Waals surface area contributed by atoms with Gasteiger partial charge in [0.05, 0.1) is 11.1 Å². The maximum Gasteiger partial charge on any atom is 0.410 e. The standard InChI is InChI=1S/C19H22N4O2/c1-19(2,3)25-18(24)23-10-8-22(9-11-23)17-15(13-20)12-14-6-4-5-7-16(14)21-17/h4-7,12H,8-11H2,1-3H3. The van der Waals surface area contributed by atoms with E-state index in [1.54, 1.807) is 4.90 Å². The zero-order valence-electron chi connectivity index (χ0n) is 14.8. The van der Waals surface area contributed by atoms with Crippen LogP contribution >= 0.6 is 0 Å². The molecule has 2 aromatic rings. The molecule has 0 saturated carbocycles. The van der Waals surface area contributed by atoms with Gasteiger partial charge in [0.2, 0.25) is 0 Å². The van der Waals surface area contributed by atoms with Crippen LogP contribution in [-0.4, -0.2) is 47.8 Å². The molecule has 25 heavy (non-hydrogen) atoms. The molecule has 3 rings (SSSR count). The third kappa shape index (κ3) is 3.82. The highest BCUT2D eigenvalue weighted by Crippen LogP contribution is 2.24. The van der Waals surface area contributed by atoms with Crippen molar-refractivity contribution >= 4 is 22.8 Å². The molecule has 0 N–H and O–H groups in total. The number of para-hydroxylation sites is 1. The largest absolute Gasteiger partial charge is 0.444 e. The number of nitriles is 1. The van der Waals surface area contributed by atoms with E-state index in [9.17, 15) is 10.1 Å². The molecule has 2 heterocycles. The lowest BCUT2D eigenvalue weighted by atomic mass is 10.1. The van der Waals surface area contributed by atoms with E-state index < -0.39 is 5.60 Å². The number of carbonyl (C=O) groups excluding carboxylic acids is 1. The molecule has 1 aromatic carbocycles. The van der Waals surface area contributed by atoms with Crippen LogP contribution in [0.5, 0.6) is 0 Å². The number of ether oxygens (including phenoxy) is 1. The van der Waals surface area contributed by atoms with Crippen LogP contribution in [0.3, 0.4) is 0 Å². The minimum atomic E-state index is -0.498. The summed E-state index contributed by atoms with van der Waals surface area (Å²) < 4.78 is 5.42. The average molecular weight is 338 g/mol. The number of hydrogen-bond acceptors (Lipinski definition) is 5. The summed E-state index contributed by atoms with van der Waals surface area (Å²) in [5.41, 5.74) is 0.928. The Morgan fingerprint density at radius 3 is 2.52 bits per heavy atom. The molecule has 0 spiro atoms. The Hall–Kier alpha value is -2.81. The molecule has 6 heteroatoms. The molecule has 1 aromatic heterocycles. The Morgan fingerprint density at radius 2 is 1.88 bits per heavy atom. The molecular weight excluding hydrogens is 316 g/mol. The Morgan fingerprint density at radius 1 is 1.20 bits per heavy atom. The van der Waals surface area contributed by atoms with Crippen LogP contribution in [0.2, 0.25) is 0 Å². The van der Waals surface area contributed by atoms with Gasteiger partial charge in [-0.25, -0.2) is 9.78 Å². The van der Waals surface area contributed by atoms with E-state index in [0.29, 0.717) is 37.6 Å². The Labute approximate surface area is 147 Å². The highest BCUT2D eigenvalue weighted by atomic mass is 16.6. The quantitative estimate of drug-likeness (QED) is 0.799. The van der Waals surface area contributed by atoms with Gasteiger partial charge in [-0.2, -0.15) is 5.26 Å². The van der Waals surface area contributed by atoms with Gasteiger partial charge in [0.25, 0.3) is 0 Å². The van der Waals surface area contributed by atoms with Crippen LogP contribution in [-0.2, 0) is 4.74 Å². The summed E-state index contributed by atoms with van der Waals surface area (Å²) >= 11 is 0. The van der Waals surface area contributed by atoms with E-state index in [2.05, 4.69) is 16.0 Å². The van der Waals surface area contributed by atoms with E-state index in [1.807, 2.05) is 51.1 Å². The summed E-state index contributed by atoms with van der Waals surface area (Å²) in [6, 6.07) is 11.9. The summed E-state index contributed by atoms with van der Waals surface area (Å²) in [5, 5.41) is 10.4. The fourth-order valence-electron chi connectivity index (χ4n) is 2.86. The lowest BCUT2D eigenvalue weighted by Crippen LogP contribution is -2.50. The first kappa shape index (κ1) is 17.0. The van der Waals surface area contributed by atoms with Crippen LogP contribution in [0.15, 0.2) is 30.3 Å². The highest BCUT2D eigenvalue weighted by molar-refractivity contribution is 5.83. The third-order valence-electron chi connectivity index (χ3n) is 4.06. The van der Waals surface area contributed by atoms with Gasteiger partial charge in [-0.3, -0.25) is 0 Å². The van der Waals surface area contributed by atoms with Gasteiger partial charge < -0.3 is 14.5 Å². The number of benzene rings is 1. The Kier molecular flexibility index (Phi) is 4.49. The molecule has 1 fully saturated rings. The van der Waals surface area contributed by atoms with E-state index in [1.165, 1.54) is 0 Å². The fourth-order valence-corrected chi connectivity index (χ4v) is 2.86. The summed E-state index contributed by atoms with van der Waals surface area (Å²) in [5.74, 6) is 0.685. The van der Waals surface area contributed by atoms with Crippen molar-refractivity contribution in [3.05, 3.63) is 35.9 Å². The van der Waals surface area contributed by atoms with Gasteiger partial charge in [-0.15, -0.1) is 0 Å². The van der Waals surface area contributed by atoms with E-state index >= 15 is 0 Å². The zero-order chi connectivity index (χ0) is 18.0. The molecule has 0 atom stereocenters. The van der Waals surface area contributed by atoms with Gasteiger partial charge >= 0.3 is 6.09 Å². The number of hydrogen-bond donors (Lipinski definition) is 0. The second-order valence-corrected chi connectivity index (χ2v) is 7.12. The smallest absolute Gasteiger partial charge is 0.410 e. The van der Waals surface area contributed by atoms with Crippen LogP contribution in [0, 0.1) is 11.3 Å². The fraction of sp³-hybridized carbons (Fsp3) is 0.421. The van der Waals surface area contributed by atoms with E-state index in [-0.39, 0.29) is 6.09 Å². The molecule has 1 aliphatic heterocycles. The van der Waals surface area contributed by atoms with Crippen molar-refractivity contribution in [1.82, 2.24) is 9.88 Å². The maximum absolute atomic E-state index is 12.2. The monoisotopic (exact) mass is 338 g/mol. The second-order valence-electron chi connectivity index (χ2n) is 7.12. The summed E-state index contributed by atoms with van der Waals surface area (Å²) in [4.78, 5) is 20.6. The van der Waals surface area contributed by atoms with Crippen LogP contribution < -0.4 is 4.90 Å². The van der Waals surface area contributed by atoms with Crippen LogP contribution in [0.4, 0.5) is 10.6 Å². The van der Waals surface area contributed by atoms with Crippen molar-refractivity contribution in [3.63, 3.8) is 0 Å². The molecular formula is C19H22N4O2. The minimum Gasteiger partial charge on any atom is -0.444 e. The number of nitrogens with zero attached hydrogens (tertiary/aromatic N) is 4. The summed E-state index contributed by atoms with van der Waals surface area (Å²) in [6.45, 7) is 7.93. The number of amides is 1. The number of piperazine rings is 1. The maximum atomic E-state index is 12.2. The first-order valence-electron chi connectivity index (χ1n) is 8.40. The van der Waals surface area contributed by atoms with Crippen molar-refractivity contribution in [1.29, 1.82) is 5.26 Å². The number of aromatic nitrogens is 1. The van der Waals surface area contributed by atoms with E-state index in [4.69, 9.17) is 4.74 Å². The Balaban J connectivity index is 1.76. The molecule has 0 bridgehead atoms. The number of anilines is 1. The lowest BCUT2D eigenvalue weighted by Gasteiger charge is -2.36. The Bertz CT molecular complexity index is 827. The number of pyridine rings is 1. The molecule has 130 valence electrons. The SMILES string of the molecule is CC(C)(C)OC(=O)N1CCN(c2nc3ccccc3cc2C#N)CC1. The van der Waals surface area contributed by atoms with Gasteiger partial charge in [-0.1, -0.05) is 18.2 Å². The predicted octanol–water partition coefficient (Wildman–Crippen LogP) is 3.16. The van der Waals surface area contributed by atoms with Crippen molar-refractivity contribution in [2.75, 3.05) is 31.1 Å². The second kappa shape index (κ2) is 6.60. The molecule has 0 radical (unpaired) electrons. The zero-order valence-corrected chi connectivity index (χ0v) is 14.8. The van der Waals surface area contributed by atoms with Gasteiger partial charge in [-0.05, 0) is 32.9 Å². The van der Waals surface area contributed by atoms with Crippen LogP contribution in [0.25, 0.3) is 10.9 Å². The molecule has 0 aliphatic carbocycles. The third-order valence-corrected chi connectivity index (χ3v) is 4.06. The molecule has 6 nitrogen and oxygen atoms in total. The average Bonchev–Trinajstić information content (AvgIpc) is 2.59. The highest BCUT2D eigenvalue weighted by Gasteiger charge is 2.27. The molecule has 0 unspecified atom stereocenters. The number of fused-ring (bicyclic) bond motifs is 1. The first-order valence-corrected chi connectivity index (χ1v) is 8.40. The van der Waals surface area contributed by atoms with Crippen molar-refractivity contribution < 1.29 is 9.53 Å². The van der Waals surface area contributed by atoms with Gasteiger partial charge in [0, 0.05) is 31.6 Å². The first-order chi connectivity index (χ1) is 11.9. The summed E-state index contributed by atoms with van der Waals surface area (Å²) in [6.07, 6.45) is -0.292. The van der Waals surface area contributed by atoms with Crippen LogP contribution in [0.1, 0.15) is 26.3 Å². The topological polar surface area (TPSA) is 69.5 Å². The van der Waals surface area contributed by atoms with Gasteiger partial charge in [0.1, 0.15) is 17.5 Å². The molecule has 1 aliphatic rings.